The van der Waals surface area contributed by atoms with Crippen molar-refractivity contribution < 1.29 is 37.3 Å². The molecule has 390 valence electrons. The number of nitrogens with one attached hydrogen (secondary N) is 1. The van der Waals surface area contributed by atoms with Gasteiger partial charge in [0.25, 0.3) is 7.82 Å². The van der Waals surface area contributed by atoms with E-state index < -0.39 is 20.0 Å². The van der Waals surface area contributed by atoms with Gasteiger partial charge in [-0.15, -0.1) is 0 Å². The van der Waals surface area contributed by atoms with Crippen molar-refractivity contribution in [1.29, 1.82) is 0 Å². The van der Waals surface area contributed by atoms with Crippen LogP contribution in [0.1, 0.15) is 271 Å². The summed E-state index contributed by atoms with van der Waals surface area (Å²) >= 11 is 0. The summed E-state index contributed by atoms with van der Waals surface area (Å²) in [4.78, 5) is 39.7. The number of esters is 1. The number of phosphoric ester groups is 1. The number of carbonyl (C=O) groups excluding carboxylic acids is 2. The molecular weight excluding hydrogens is 844 g/mol. The van der Waals surface area contributed by atoms with Crippen molar-refractivity contribution >= 4 is 19.7 Å². The lowest BCUT2D eigenvalue weighted by Crippen LogP contribution is -2.47. The molecule has 0 aliphatic carbocycles. The van der Waals surface area contributed by atoms with Gasteiger partial charge < -0.3 is 28.5 Å². The fraction of sp³-hybridized carbons (Fsp3) is 0.893. The maximum Gasteiger partial charge on any atom is 0.306 e. The quantitative estimate of drug-likeness (QED) is 0.0212. The smallest absolute Gasteiger partial charge is 0.306 e. The number of phosphoric acid groups is 1. The Balaban J connectivity index is 5.34. The molecule has 0 saturated carbocycles. The van der Waals surface area contributed by atoms with Gasteiger partial charge in [-0.1, -0.05) is 232 Å². The van der Waals surface area contributed by atoms with Gasteiger partial charge >= 0.3 is 5.97 Å². The Hall–Kier alpha value is -1.51. The Labute approximate surface area is 409 Å². The molecule has 0 saturated heterocycles. The van der Waals surface area contributed by atoms with Gasteiger partial charge in [-0.05, 0) is 51.0 Å². The molecule has 66 heavy (non-hydrogen) atoms. The number of hydrogen-bond acceptors (Lipinski definition) is 7. The fourth-order valence-electron chi connectivity index (χ4n) is 8.21. The first kappa shape index (κ1) is 64.5. The second kappa shape index (κ2) is 47.2. The van der Waals surface area contributed by atoms with E-state index in [-0.39, 0.29) is 31.5 Å². The molecule has 1 amide bonds. The molecule has 0 fully saturated rings. The molecule has 0 heterocycles. The molecule has 0 aromatic heterocycles. The van der Waals surface area contributed by atoms with Crippen molar-refractivity contribution in [2.45, 2.75) is 283 Å². The number of nitrogens with zero attached hydrogens (tertiary/aromatic N) is 1. The normalized spacial score (nSPS) is 14.0. The van der Waals surface area contributed by atoms with Crippen molar-refractivity contribution in [3.63, 3.8) is 0 Å². The third kappa shape index (κ3) is 47.6. The molecule has 10 heteroatoms. The summed E-state index contributed by atoms with van der Waals surface area (Å²) < 4.78 is 30.2. The predicted molar refractivity (Wildman–Crippen MR) is 280 cm³/mol. The fourth-order valence-corrected chi connectivity index (χ4v) is 8.93. The zero-order chi connectivity index (χ0) is 48.7. The summed E-state index contributed by atoms with van der Waals surface area (Å²) in [5.41, 5.74) is 0. The number of unbranched alkanes of at least 4 members (excludes halogenated alkanes) is 33. The first-order valence-corrected chi connectivity index (χ1v) is 29.6. The van der Waals surface area contributed by atoms with Crippen LogP contribution in [0.4, 0.5) is 0 Å². The predicted octanol–water partition coefficient (Wildman–Crippen LogP) is 16.0. The third-order valence-electron chi connectivity index (χ3n) is 12.6. The van der Waals surface area contributed by atoms with Crippen molar-refractivity contribution in [3.8, 4) is 0 Å². The summed E-state index contributed by atoms with van der Waals surface area (Å²) in [6.07, 6.45) is 52.8. The van der Waals surface area contributed by atoms with Gasteiger partial charge in [0.2, 0.25) is 5.91 Å². The highest BCUT2D eigenvalue weighted by Crippen LogP contribution is 2.38. The molecule has 0 aromatic carbocycles. The first-order valence-electron chi connectivity index (χ1n) is 28.1. The zero-order valence-electron chi connectivity index (χ0n) is 44.4. The van der Waals surface area contributed by atoms with Crippen LogP contribution in [0.15, 0.2) is 24.3 Å². The highest BCUT2D eigenvalue weighted by molar-refractivity contribution is 7.45. The molecule has 0 aliphatic heterocycles. The lowest BCUT2D eigenvalue weighted by atomic mass is 10.0. The van der Waals surface area contributed by atoms with Crippen molar-refractivity contribution in [2.75, 3.05) is 40.9 Å². The topological polar surface area (TPSA) is 114 Å². The number of amides is 1. The highest BCUT2D eigenvalue weighted by atomic mass is 31.2. The minimum atomic E-state index is -4.69. The highest BCUT2D eigenvalue weighted by Gasteiger charge is 2.27. The standard InChI is InChI=1S/C56H109N2O7P/c1-7-10-13-16-19-22-25-27-28-29-31-34-36-39-42-45-48-55(59)57-53(52-64-66(61,62)63-51-50-58(4,5)6)54(47-44-41-38-35-33-30-26-23-20-17-14-11-8-2)65-56(60)49-46-43-40-37-32-24-21-18-15-12-9-3/h18,21,44,47,53-54H,7-17,19-20,22-43,45-46,48-52H2,1-6H3,(H-,57,59,61,62)/b21-18-,47-44+. The Morgan fingerprint density at radius 1 is 0.515 bits per heavy atom. The van der Waals surface area contributed by atoms with E-state index in [0.717, 1.165) is 83.5 Å². The molecule has 3 unspecified atom stereocenters. The molecule has 0 aliphatic rings. The van der Waals surface area contributed by atoms with E-state index in [1.54, 1.807) is 0 Å². The van der Waals surface area contributed by atoms with Crippen LogP contribution < -0.4 is 10.2 Å². The van der Waals surface area contributed by atoms with E-state index in [2.05, 4.69) is 38.2 Å². The van der Waals surface area contributed by atoms with Gasteiger partial charge in [-0.3, -0.25) is 14.2 Å². The van der Waals surface area contributed by atoms with Gasteiger partial charge in [0.05, 0.1) is 33.8 Å². The Morgan fingerprint density at radius 2 is 0.894 bits per heavy atom. The molecule has 9 nitrogen and oxygen atoms in total. The van der Waals surface area contributed by atoms with Crippen LogP contribution in [-0.2, 0) is 27.9 Å². The van der Waals surface area contributed by atoms with Crippen LogP contribution in [0.5, 0.6) is 0 Å². The van der Waals surface area contributed by atoms with E-state index in [1.165, 1.54) is 154 Å². The molecule has 0 spiro atoms. The Morgan fingerprint density at radius 3 is 1.33 bits per heavy atom. The van der Waals surface area contributed by atoms with Crippen LogP contribution in [0.2, 0.25) is 0 Å². The Bertz CT molecular complexity index is 1190. The van der Waals surface area contributed by atoms with Gasteiger partial charge in [0.15, 0.2) is 0 Å². The average molecular weight is 953 g/mol. The largest absolute Gasteiger partial charge is 0.756 e. The lowest BCUT2D eigenvalue weighted by Gasteiger charge is -2.30. The van der Waals surface area contributed by atoms with E-state index in [0.29, 0.717) is 17.4 Å². The minimum absolute atomic E-state index is 0.0203. The van der Waals surface area contributed by atoms with E-state index >= 15 is 0 Å². The number of likely N-dealkylation sites (N-methyl/N-ethyl adjacent to an activating group) is 1. The molecule has 0 bridgehead atoms. The van der Waals surface area contributed by atoms with Crippen molar-refractivity contribution in [2.24, 2.45) is 0 Å². The summed E-state index contributed by atoms with van der Waals surface area (Å²) in [6.45, 7) is 6.82. The molecule has 1 N–H and O–H groups in total. The lowest BCUT2D eigenvalue weighted by molar-refractivity contribution is -0.870. The van der Waals surface area contributed by atoms with Crippen LogP contribution in [0.25, 0.3) is 0 Å². The monoisotopic (exact) mass is 953 g/mol. The maximum absolute atomic E-state index is 13.5. The van der Waals surface area contributed by atoms with Gasteiger partial charge in [-0.2, -0.15) is 0 Å². The number of rotatable bonds is 51. The van der Waals surface area contributed by atoms with Gasteiger partial charge in [-0.25, -0.2) is 0 Å². The number of carbonyl (C=O) groups is 2. The second-order valence-corrected chi connectivity index (χ2v) is 21.9. The summed E-state index contributed by atoms with van der Waals surface area (Å²) in [5, 5.41) is 3.02. The third-order valence-corrected chi connectivity index (χ3v) is 13.6. The summed E-state index contributed by atoms with van der Waals surface area (Å²) in [7, 11) is 1.19. The van der Waals surface area contributed by atoms with Crippen molar-refractivity contribution in [1.82, 2.24) is 5.32 Å². The second-order valence-electron chi connectivity index (χ2n) is 20.4. The molecule has 0 aromatic rings. The van der Waals surface area contributed by atoms with E-state index in [9.17, 15) is 19.0 Å². The summed E-state index contributed by atoms with van der Waals surface area (Å²) in [5.74, 6) is -0.541. The maximum atomic E-state index is 13.5. The average Bonchev–Trinajstić information content (AvgIpc) is 3.27. The number of quaternary nitrogens is 1. The van der Waals surface area contributed by atoms with Gasteiger partial charge in [0.1, 0.15) is 19.3 Å². The van der Waals surface area contributed by atoms with Crippen LogP contribution >= 0.6 is 7.82 Å². The Kier molecular flexibility index (Phi) is 46.1. The minimum Gasteiger partial charge on any atom is -0.756 e. The number of hydrogen-bond donors (Lipinski definition) is 1. The SMILES string of the molecule is CCCC/C=C\CCCCCCCC(=O)OC(/C=C/CCCCCCCCCCCCC)C(COP(=O)([O-])OCC[N+](C)(C)C)NC(=O)CCCCCCCCCCCCCCCCCC. The molecule has 3 atom stereocenters. The number of allylic oxidation sites excluding steroid dienone is 3. The molecule has 0 radical (unpaired) electrons. The van der Waals surface area contributed by atoms with Crippen LogP contribution in [0.3, 0.4) is 0 Å². The van der Waals surface area contributed by atoms with Crippen LogP contribution in [0, 0.1) is 0 Å². The van der Waals surface area contributed by atoms with Gasteiger partial charge in [0, 0.05) is 12.8 Å². The number of ether oxygens (including phenoxy) is 1. The first-order chi connectivity index (χ1) is 31.9. The molecule has 0 rings (SSSR count). The summed E-state index contributed by atoms with van der Waals surface area (Å²) in [6, 6.07) is -0.884. The van der Waals surface area contributed by atoms with E-state index in [4.69, 9.17) is 13.8 Å². The van der Waals surface area contributed by atoms with E-state index in [1.807, 2.05) is 33.3 Å². The zero-order valence-corrected chi connectivity index (χ0v) is 45.3. The molecular formula is C56H109N2O7P. The van der Waals surface area contributed by atoms with Crippen LogP contribution in [-0.4, -0.2) is 69.4 Å². The van der Waals surface area contributed by atoms with Crippen molar-refractivity contribution in [3.05, 3.63) is 24.3 Å².